The molecule has 12 aromatic rings. The molecule has 10 aromatic carbocycles. The fourth-order valence-corrected chi connectivity index (χ4v) is 9.01. The summed E-state index contributed by atoms with van der Waals surface area (Å²) >= 11 is 0. The highest BCUT2D eigenvalue weighted by Crippen LogP contribution is 2.41. The van der Waals surface area contributed by atoms with Crippen LogP contribution in [-0.2, 0) is 0 Å². The molecule has 0 saturated carbocycles. The van der Waals surface area contributed by atoms with E-state index in [1.54, 1.807) is 0 Å². The first-order valence-electron chi connectivity index (χ1n) is 20.7. The van der Waals surface area contributed by atoms with Gasteiger partial charge in [-0.1, -0.05) is 188 Å². The SMILES string of the molecule is c1ccc(-c2ccc(-c3nc(-c4cccc(-c5cccc(-n6c7ccc8ccccc8c7c7ccc8ccccc8c76)c5)c4)nc(-c4ccc5ccccc5c4)n3)cc2)cc1. The lowest BCUT2D eigenvalue weighted by atomic mass is 10.0. The van der Waals surface area contributed by atoms with Crippen molar-refractivity contribution >= 4 is 54.1 Å². The Hall–Kier alpha value is -8.21. The summed E-state index contributed by atoms with van der Waals surface area (Å²) in [6.07, 6.45) is 0. The Bertz CT molecular complexity index is 3640. The monoisotopic (exact) mass is 776 g/mol. The van der Waals surface area contributed by atoms with E-state index in [4.69, 9.17) is 15.0 Å². The molecule has 0 radical (unpaired) electrons. The van der Waals surface area contributed by atoms with Gasteiger partial charge in [-0.15, -0.1) is 0 Å². The van der Waals surface area contributed by atoms with Crippen molar-refractivity contribution in [2.45, 2.75) is 0 Å². The molecule has 0 bridgehead atoms. The molecule has 0 atom stereocenters. The van der Waals surface area contributed by atoms with Crippen LogP contribution in [0.5, 0.6) is 0 Å². The third-order valence-electron chi connectivity index (χ3n) is 12.0. The maximum Gasteiger partial charge on any atom is 0.164 e. The molecular formula is C57H36N4. The summed E-state index contributed by atoms with van der Waals surface area (Å²) in [5.41, 5.74) is 10.8. The average Bonchev–Trinajstić information content (AvgIpc) is 3.70. The Labute approximate surface area is 352 Å². The van der Waals surface area contributed by atoms with Crippen LogP contribution in [0.1, 0.15) is 0 Å². The molecule has 0 amide bonds. The first-order valence-corrected chi connectivity index (χ1v) is 20.7. The summed E-state index contributed by atoms with van der Waals surface area (Å²) in [5.74, 6) is 1.89. The van der Waals surface area contributed by atoms with Crippen molar-refractivity contribution in [1.29, 1.82) is 0 Å². The third kappa shape index (κ3) is 6.04. The zero-order valence-electron chi connectivity index (χ0n) is 33.1. The molecule has 284 valence electrons. The van der Waals surface area contributed by atoms with Crippen molar-refractivity contribution in [2.75, 3.05) is 0 Å². The molecule has 4 nitrogen and oxygen atoms in total. The summed E-state index contributed by atoms with van der Waals surface area (Å²) in [6, 6.07) is 77.7. The van der Waals surface area contributed by atoms with Crippen molar-refractivity contribution in [3.05, 3.63) is 218 Å². The fourth-order valence-electron chi connectivity index (χ4n) is 9.01. The van der Waals surface area contributed by atoms with Crippen LogP contribution in [-0.4, -0.2) is 19.5 Å². The summed E-state index contributed by atoms with van der Waals surface area (Å²) in [7, 11) is 0. The number of rotatable bonds is 6. The van der Waals surface area contributed by atoms with Gasteiger partial charge in [-0.25, -0.2) is 15.0 Å². The molecule has 2 aromatic heterocycles. The molecule has 0 aliphatic heterocycles. The van der Waals surface area contributed by atoms with Crippen LogP contribution in [0.2, 0.25) is 0 Å². The number of hydrogen-bond donors (Lipinski definition) is 0. The average molecular weight is 777 g/mol. The highest BCUT2D eigenvalue weighted by molar-refractivity contribution is 6.26. The number of fused-ring (bicyclic) bond motifs is 8. The molecule has 0 aliphatic carbocycles. The predicted octanol–water partition coefficient (Wildman–Crippen LogP) is 14.8. The molecule has 0 fully saturated rings. The Kier molecular flexibility index (Phi) is 8.13. The summed E-state index contributed by atoms with van der Waals surface area (Å²) in [4.78, 5) is 15.4. The van der Waals surface area contributed by atoms with E-state index in [2.05, 4.69) is 217 Å². The minimum absolute atomic E-state index is 0.624. The molecule has 0 aliphatic rings. The summed E-state index contributed by atoms with van der Waals surface area (Å²) in [5, 5.41) is 9.79. The molecule has 0 saturated heterocycles. The van der Waals surface area contributed by atoms with Crippen molar-refractivity contribution in [1.82, 2.24) is 19.5 Å². The van der Waals surface area contributed by atoms with Crippen LogP contribution in [0.25, 0.3) is 116 Å². The zero-order valence-corrected chi connectivity index (χ0v) is 33.1. The number of hydrogen-bond acceptors (Lipinski definition) is 3. The van der Waals surface area contributed by atoms with Gasteiger partial charge in [-0.05, 0) is 79.5 Å². The highest BCUT2D eigenvalue weighted by atomic mass is 15.0. The lowest BCUT2D eigenvalue weighted by Crippen LogP contribution is -2.00. The van der Waals surface area contributed by atoms with Crippen molar-refractivity contribution < 1.29 is 0 Å². The molecule has 12 rings (SSSR count). The summed E-state index contributed by atoms with van der Waals surface area (Å²) < 4.78 is 2.45. The van der Waals surface area contributed by atoms with E-state index in [-0.39, 0.29) is 0 Å². The molecule has 0 N–H and O–H groups in total. The molecule has 0 unspecified atom stereocenters. The Morgan fingerprint density at radius 1 is 0.279 bits per heavy atom. The second kappa shape index (κ2) is 14.3. The second-order valence-corrected chi connectivity index (χ2v) is 15.6. The number of nitrogens with zero attached hydrogens (tertiary/aromatic N) is 4. The van der Waals surface area contributed by atoms with Crippen LogP contribution >= 0.6 is 0 Å². The Morgan fingerprint density at radius 3 is 1.57 bits per heavy atom. The van der Waals surface area contributed by atoms with Crippen LogP contribution in [0.4, 0.5) is 0 Å². The van der Waals surface area contributed by atoms with E-state index in [0.29, 0.717) is 17.5 Å². The van der Waals surface area contributed by atoms with Gasteiger partial charge in [0.1, 0.15) is 0 Å². The summed E-state index contributed by atoms with van der Waals surface area (Å²) in [6.45, 7) is 0. The maximum absolute atomic E-state index is 5.16. The van der Waals surface area contributed by atoms with Gasteiger partial charge < -0.3 is 4.57 Å². The molecular weight excluding hydrogens is 741 g/mol. The van der Waals surface area contributed by atoms with Gasteiger partial charge in [0.15, 0.2) is 17.5 Å². The predicted molar refractivity (Wildman–Crippen MR) is 254 cm³/mol. The van der Waals surface area contributed by atoms with E-state index in [9.17, 15) is 0 Å². The molecule has 2 heterocycles. The second-order valence-electron chi connectivity index (χ2n) is 15.6. The standard InChI is InChI=1S/C57H36N4/c1-2-12-37(13-3-1)39-24-27-42(28-25-39)55-58-56(60-57(59-55)47-29-26-38-14-4-5-17-43(38)34-47)46-20-10-18-44(35-46)45-19-11-21-48(36-45)61-52-33-31-40-15-6-8-22-49(40)53(52)51-32-30-41-16-7-9-23-50(41)54(51)61/h1-36H. The van der Waals surface area contributed by atoms with Gasteiger partial charge in [0.05, 0.1) is 11.0 Å². The minimum atomic E-state index is 0.624. The first-order chi connectivity index (χ1) is 30.2. The van der Waals surface area contributed by atoms with E-state index >= 15 is 0 Å². The largest absolute Gasteiger partial charge is 0.309 e. The van der Waals surface area contributed by atoms with Crippen LogP contribution in [0.15, 0.2) is 218 Å². The van der Waals surface area contributed by atoms with Gasteiger partial charge in [-0.3, -0.25) is 0 Å². The smallest absolute Gasteiger partial charge is 0.164 e. The van der Waals surface area contributed by atoms with Gasteiger partial charge in [0, 0.05) is 38.5 Å². The molecule has 4 heteroatoms. The number of aromatic nitrogens is 4. The molecule has 61 heavy (non-hydrogen) atoms. The van der Waals surface area contributed by atoms with Gasteiger partial charge >= 0.3 is 0 Å². The van der Waals surface area contributed by atoms with Gasteiger partial charge in [0.2, 0.25) is 0 Å². The van der Waals surface area contributed by atoms with Gasteiger partial charge in [0.25, 0.3) is 0 Å². The van der Waals surface area contributed by atoms with Crippen molar-refractivity contribution in [3.8, 4) is 62.1 Å². The van der Waals surface area contributed by atoms with Crippen LogP contribution in [0, 0.1) is 0 Å². The zero-order chi connectivity index (χ0) is 40.3. The van der Waals surface area contributed by atoms with Crippen molar-refractivity contribution in [2.24, 2.45) is 0 Å². The normalized spacial score (nSPS) is 11.6. The van der Waals surface area contributed by atoms with E-state index in [0.717, 1.165) is 44.5 Å². The number of benzene rings is 10. The maximum atomic E-state index is 5.16. The van der Waals surface area contributed by atoms with E-state index in [1.807, 2.05) is 6.07 Å². The Balaban J connectivity index is 0.999. The van der Waals surface area contributed by atoms with Crippen LogP contribution in [0.3, 0.4) is 0 Å². The van der Waals surface area contributed by atoms with Crippen molar-refractivity contribution in [3.63, 3.8) is 0 Å². The van der Waals surface area contributed by atoms with E-state index < -0.39 is 0 Å². The van der Waals surface area contributed by atoms with Crippen LogP contribution < -0.4 is 0 Å². The quantitative estimate of drug-likeness (QED) is 0.169. The van der Waals surface area contributed by atoms with Gasteiger partial charge in [-0.2, -0.15) is 0 Å². The Morgan fingerprint density at radius 2 is 0.787 bits per heavy atom. The minimum Gasteiger partial charge on any atom is -0.309 e. The molecule has 0 spiro atoms. The highest BCUT2D eigenvalue weighted by Gasteiger charge is 2.18. The van der Waals surface area contributed by atoms with E-state index in [1.165, 1.54) is 54.3 Å². The topological polar surface area (TPSA) is 43.6 Å². The lowest BCUT2D eigenvalue weighted by Gasteiger charge is -2.13. The first kappa shape index (κ1) is 34.8. The lowest BCUT2D eigenvalue weighted by molar-refractivity contribution is 1.07. The fraction of sp³-hybridized carbons (Fsp3) is 0. The third-order valence-corrected chi connectivity index (χ3v) is 12.0.